The van der Waals surface area contributed by atoms with Gasteiger partial charge in [0, 0.05) is 0 Å². The summed E-state index contributed by atoms with van der Waals surface area (Å²) in [4.78, 5) is 58.0. The van der Waals surface area contributed by atoms with Crippen LogP contribution in [0.5, 0.6) is 0 Å². The van der Waals surface area contributed by atoms with Crippen LogP contribution in [0.3, 0.4) is 0 Å². The third-order valence-corrected chi connectivity index (χ3v) is 3.40. The second-order valence-electron chi connectivity index (χ2n) is 6.05. The van der Waals surface area contributed by atoms with Gasteiger partial charge in [-0.2, -0.15) is 0 Å². The number of rotatable bonds is 9. The molecule has 0 bridgehead atoms. The molecule has 0 aliphatic carbocycles. The fourth-order valence-electron chi connectivity index (χ4n) is 1.62. The van der Waals surface area contributed by atoms with E-state index in [0.29, 0.717) is 0 Å². The van der Waals surface area contributed by atoms with Gasteiger partial charge in [0.15, 0.2) is 0 Å². The van der Waals surface area contributed by atoms with E-state index in [1.807, 2.05) is 0 Å². The summed E-state index contributed by atoms with van der Waals surface area (Å²) in [6.07, 6.45) is 0. The minimum absolute atomic E-state index is 0.511. The molecule has 0 spiro atoms. The maximum atomic E-state index is 12.0. The van der Waals surface area contributed by atoms with Gasteiger partial charge >= 0.3 is 5.97 Å². The van der Waals surface area contributed by atoms with E-state index in [1.54, 1.807) is 0 Å². The van der Waals surface area contributed by atoms with Crippen molar-refractivity contribution in [2.45, 2.75) is 64.8 Å². The van der Waals surface area contributed by atoms with E-state index >= 15 is 0 Å². The van der Waals surface area contributed by atoms with Gasteiger partial charge in [-0.15, -0.1) is 0 Å². The second-order valence-corrected chi connectivity index (χ2v) is 6.05. The molecule has 0 fully saturated rings. The number of nitrogens with one attached hydrogen (secondary N) is 4. The van der Waals surface area contributed by atoms with E-state index < -0.39 is 59.8 Å². The molecule has 0 unspecified atom stereocenters. The fraction of sp³-hybridized carbons (Fsp3) is 0.667. The molecule has 0 aromatic rings. The zero-order valence-corrected chi connectivity index (χ0v) is 15.5. The first kappa shape index (κ1) is 23.3. The lowest BCUT2D eigenvalue weighted by Gasteiger charge is -2.21. The van der Waals surface area contributed by atoms with Crippen molar-refractivity contribution in [3.8, 4) is 0 Å². The number of aliphatic carboxylic acids is 1. The van der Waals surface area contributed by atoms with Gasteiger partial charge in [-0.3, -0.25) is 24.0 Å². The summed E-state index contributed by atoms with van der Waals surface area (Å²) in [5.74, 6) is -3.64. The van der Waals surface area contributed by atoms with Crippen molar-refractivity contribution < 1.29 is 29.1 Å². The number of hydrogen-bond acceptors (Lipinski definition) is 6. The largest absolute Gasteiger partial charge is 0.480 e. The third-order valence-electron chi connectivity index (χ3n) is 3.40. The summed E-state index contributed by atoms with van der Waals surface area (Å²) in [6.45, 7) is 6.96. The summed E-state index contributed by atoms with van der Waals surface area (Å²) in [5.41, 5.74) is 5.39. The number of hydrogen-bond donors (Lipinski definition) is 6. The maximum Gasteiger partial charge on any atom is 0.325 e. The maximum absolute atomic E-state index is 12.0. The van der Waals surface area contributed by atoms with Crippen LogP contribution in [0.2, 0.25) is 0 Å². The number of carboxylic acids is 1. The monoisotopic (exact) mass is 373 g/mol. The highest BCUT2D eigenvalue weighted by atomic mass is 16.4. The summed E-state index contributed by atoms with van der Waals surface area (Å²) in [7, 11) is 0. The number of amides is 4. The van der Waals surface area contributed by atoms with Crippen LogP contribution in [0, 0.1) is 0 Å². The van der Waals surface area contributed by atoms with Gasteiger partial charge < -0.3 is 32.1 Å². The highest BCUT2D eigenvalue weighted by molar-refractivity contribution is 5.94. The van der Waals surface area contributed by atoms with Crippen molar-refractivity contribution in [2.24, 2.45) is 5.73 Å². The molecule has 148 valence electrons. The first-order valence-electron chi connectivity index (χ1n) is 8.06. The van der Waals surface area contributed by atoms with Crippen molar-refractivity contribution in [3.05, 3.63) is 0 Å². The van der Waals surface area contributed by atoms with Crippen LogP contribution in [0.1, 0.15) is 34.6 Å². The summed E-state index contributed by atoms with van der Waals surface area (Å²) in [6, 6.07) is -4.77. The van der Waals surface area contributed by atoms with Crippen molar-refractivity contribution in [2.75, 3.05) is 0 Å². The normalized spacial score (nSPS) is 16.2. The lowest BCUT2D eigenvalue weighted by atomic mass is 10.2. The topological polar surface area (TPSA) is 180 Å². The second kappa shape index (κ2) is 10.3. The van der Waals surface area contributed by atoms with E-state index in [4.69, 9.17) is 10.8 Å². The van der Waals surface area contributed by atoms with Gasteiger partial charge in [0.1, 0.15) is 24.2 Å². The number of carbonyl (C=O) groups is 5. The minimum Gasteiger partial charge on any atom is -0.480 e. The zero-order valence-electron chi connectivity index (χ0n) is 15.5. The van der Waals surface area contributed by atoms with Gasteiger partial charge in [0.2, 0.25) is 23.6 Å². The Hall–Kier alpha value is -2.69. The SMILES string of the molecule is C[C@H](NC(=O)[C@@H](C)NC(=O)[C@@H](C)N)C(=O)N[C@H](C)C(=O)N[C@H](C)C(=O)O. The molecule has 7 N–H and O–H groups in total. The molecular formula is C15H27N5O6. The Labute approximate surface area is 151 Å². The number of carboxylic acid groups (broad SMARTS) is 1. The van der Waals surface area contributed by atoms with Gasteiger partial charge in [0.05, 0.1) is 6.04 Å². The molecule has 0 aliphatic rings. The number of nitrogens with two attached hydrogens (primary N) is 1. The van der Waals surface area contributed by atoms with Crippen molar-refractivity contribution in [1.29, 1.82) is 0 Å². The van der Waals surface area contributed by atoms with Crippen LogP contribution in [-0.2, 0) is 24.0 Å². The Kier molecular flexibility index (Phi) is 9.27. The molecule has 0 aromatic heterocycles. The smallest absolute Gasteiger partial charge is 0.325 e. The molecular weight excluding hydrogens is 346 g/mol. The number of carbonyl (C=O) groups excluding carboxylic acids is 4. The van der Waals surface area contributed by atoms with Crippen LogP contribution in [0.4, 0.5) is 0 Å². The molecule has 0 heterocycles. The summed E-state index contributed by atoms with van der Waals surface area (Å²) < 4.78 is 0. The molecule has 0 radical (unpaired) electrons. The molecule has 26 heavy (non-hydrogen) atoms. The Morgan fingerprint density at radius 1 is 0.615 bits per heavy atom. The van der Waals surface area contributed by atoms with Crippen molar-refractivity contribution >= 4 is 29.6 Å². The molecule has 0 rings (SSSR count). The van der Waals surface area contributed by atoms with Crippen LogP contribution in [-0.4, -0.2) is 64.9 Å². The predicted octanol–water partition coefficient (Wildman–Crippen LogP) is -2.56. The van der Waals surface area contributed by atoms with E-state index in [9.17, 15) is 24.0 Å². The lowest BCUT2D eigenvalue weighted by Crippen LogP contribution is -2.56. The first-order chi connectivity index (χ1) is 11.9. The van der Waals surface area contributed by atoms with Crippen LogP contribution in [0.25, 0.3) is 0 Å². The van der Waals surface area contributed by atoms with Crippen LogP contribution in [0.15, 0.2) is 0 Å². The average Bonchev–Trinajstić information content (AvgIpc) is 2.53. The predicted molar refractivity (Wildman–Crippen MR) is 91.7 cm³/mol. The first-order valence-corrected chi connectivity index (χ1v) is 8.06. The van der Waals surface area contributed by atoms with E-state index in [0.717, 1.165) is 0 Å². The summed E-state index contributed by atoms with van der Waals surface area (Å²) >= 11 is 0. The average molecular weight is 373 g/mol. The molecule has 11 nitrogen and oxygen atoms in total. The molecule has 0 saturated heterocycles. The lowest BCUT2D eigenvalue weighted by molar-refractivity contribution is -0.141. The molecule has 0 aromatic carbocycles. The highest BCUT2D eigenvalue weighted by Gasteiger charge is 2.25. The van der Waals surface area contributed by atoms with Crippen LogP contribution >= 0.6 is 0 Å². The molecule has 0 saturated carbocycles. The Morgan fingerprint density at radius 2 is 0.885 bits per heavy atom. The van der Waals surface area contributed by atoms with Gasteiger partial charge in [-0.1, -0.05) is 0 Å². The summed E-state index contributed by atoms with van der Waals surface area (Å²) in [5, 5.41) is 18.1. The standard InChI is InChI=1S/C15H27N5O6/c1-6(16)11(21)17-7(2)12(22)18-8(3)13(23)19-9(4)14(24)20-10(5)15(25)26/h6-10H,16H2,1-5H3,(H,17,21)(H,18,22)(H,19,23)(H,20,24)(H,25,26)/t6-,7-,8+,9-,10-/m1/s1. The molecule has 0 aliphatic heterocycles. The fourth-order valence-corrected chi connectivity index (χ4v) is 1.62. The van der Waals surface area contributed by atoms with Crippen molar-refractivity contribution in [3.63, 3.8) is 0 Å². The van der Waals surface area contributed by atoms with Gasteiger partial charge in [-0.25, -0.2) is 0 Å². The zero-order chi connectivity index (χ0) is 20.6. The minimum atomic E-state index is -1.21. The highest BCUT2D eigenvalue weighted by Crippen LogP contribution is 1.92. The van der Waals surface area contributed by atoms with Crippen LogP contribution < -0.4 is 27.0 Å². The molecule has 11 heteroatoms. The van der Waals surface area contributed by atoms with Gasteiger partial charge in [-0.05, 0) is 34.6 Å². The van der Waals surface area contributed by atoms with Gasteiger partial charge in [0.25, 0.3) is 0 Å². The van der Waals surface area contributed by atoms with E-state index in [1.165, 1.54) is 34.6 Å². The Balaban J connectivity index is 4.54. The Bertz CT molecular complexity index is 565. The van der Waals surface area contributed by atoms with E-state index in [2.05, 4.69) is 21.3 Å². The molecule has 4 amide bonds. The van der Waals surface area contributed by atoms with Crippen molar-refractivity contribution in [1.82, 2.24) is 21.3 Å². The van der Waals surface area contributed by atoms with E-state index in [-0.39, 0.29) is 0 Å². The quantitative estimate of drug-likeness (QED) is 0.257. The third kappa shape index (κ3) is 7.92. The Morgan fingerprint density at radius 3 is 1.15 bits per heavy atom. The molecule has 5 atom stereocenters.